The number of aryl methyl sites for hydroxylation is 1. The van der Waals surface area contributed by atoms with Gasteiger partial charge in [-0.3, -0.25) is 10.1 Å². The first-order valence-corrected chi connectivity index (χ1v) is 11.7. The number of nitrogens with one attached hydrogen (secondary N) is 1. The molecule has 4 aromatic heterocycles. The zero-order valence-electron chi connectivity index (χ0n) is 20.6. The lowest BCUT2D eigenvalue weighted by molar-refractivity contribution is 0.101. The van der Waals surface area contributed by atoms with Crippen molar-refractivity contribution in [3.05, 3.63) is 71.1 Å². The number of aromatic nitrogens is 7. The van der Waals surface area contributed by atoms with Crippen LogP contribution < -0.4 is 11.1 Å². The van der Waals surface area contributed by atoms with Crippen LogP contribution in [0.2, 0.25) is 0 Å². The van der Waals surface area contributed by atoms with Crippen LogP contribution in [0.1, 0.15) is 41.4 Å². The number of anilines is 1. The zero-order valence-corrected chi connectivity index (χ0v) is 20.6. The number of aliphatic imine (C=N–C) groups is 1. The smallest absolute Gasteiger partial charge is 0.322 e. The molecule has 1 aliphatic rings. The van der Waals surface area contributed by atoms with E-state index >= 15 is 0 Å². The summed E-state index contributed by atoms with van der Waals surface area (Å²) >= 11 is 0. The van der Waals surface area contributed by atoms with Gasteiger partial charge >= 0.3 is 6.01 Å². The number of amidine groups is 1. The lowest BCUT2D eigenvalue weighted by Gasteiger charge is -2.21. The number of rotatable bonds is 5. The fourth-order valence-electron chi connectivity index (χ4n) is 4.33. The van der Waals surface area contributed by atoms with E-state index in [4.69, 9.17) is 10.2 Å². The number of hydrogen-bond acceptors (Lipinski definition) is 10. The molecule has 1 aliphatic heterocycles. The van der Waals surface area contributed by atoms with Crippen molar-refractivity contribution in [1.29, 1.82) is 0 Å². The van der Waals surface area contributed by atoms with Crippen molar-refractivity contribution in [3.8, 4) is 11.5 Å². The number of benzene rings is 1. The average molecular weight is 513 g/mol. The standard InChI is InChI=1S/C25H21FN10O2/c1-12-33-34-24(38-12)32-22(37)18-16-19(31-23(27)25(16,2)3)30-20(29-18)17-14-8-6-10-28-21(14)36(35-17)11-13-7-4-5-9-15(13)26/h4-10H,11H2,1-3H3,(H,32,34,37)(H2,27,29,30,31). The molecule has 1 aromatic carbocycles. The fraction of sp³-hybridized carbons (Fsp3) is 0.200. The second-order valence-corrected chi connectivity index (χ2v) is 9.27. The summed E-state index contributed by atoms with van der Waals surface area (Å²) in [5.74, 6) is 0.0176. The van der Waals surface area contributed by atoms with Crippen molar-refractivity contribution in [2.24, 2.45) is 10.7 Å². The van der Waals surface area contributed by atoms with E-state index in [0.29, 0.717) is 39.6 Å². The van der Waals surface area contributed by atoms with Crippen molar-refractivity contribution in [1.82, 2.24) is 34.9 Å². The summed E-state index contributed by atoms with van der Waals surface area (Å²) < 4.78 is 21.3. The van der Waals surface area contributed by atoms with E-state index in [1.54, 1.807) is 42.1 Å². The minimum Gasteiger partial charge on any atom is -0.408 e. The molecule has 0 spiro atoms. The van der Waals surface area contributed by atoms with Crippen molar-refractivity contribution in [2.75, 3.05) is 5.32 Å². The Kier molecular flexibility index (Phi) is 5.22. The number of nitrogens with zero attached hydrogens (tertiary/aromatic N) is 8. The second-order valence-electron chi connectivity index (χ2n) is 9.27. The molecule has 0 unspecified atom stereocenters. The van der Waals surface area contributed by atoms with Crippen LogP contribution in [-0.4, -0.2) is 46.7 Å². The summed E-state index contributed by atoms with van der Waals surface area (Å²) in [6.45, 7) is 5.40. The van der Waals surface area contributed by atoms with Gasteiger partial charge in [0.15, 0.2) is 17.3 Å². The van der Waals surface area contributed by atoms with E-state index in [1.807, 2.05) is 19.9 Å². The van der Waals surface area contributed by atoms with Gasteiger partial charge in [-0.15, -0.1) is 5.10 Å². The van der Waals surface area contributed by atoms with Gasteiger partial charge in [0.1, 0.15) is 23.0 Å². The van der Waals surface area contributed by atoms with Crippen molar-refractivity contribution in [2.45, 2.75) is 32.7 Å². The summed E-state index contributed by atoms with van der Waals surface area (Å²) in [4.78, 5) is 31.5. The summed E-state index contributed by atoms with van der Waals surface area (Å²) in [6, 6.07) is 9.92. The number of carbonyl (C=O) groups excluding carboxylic acids is 1. The molecule has 13 heteroatoms. The number of hydrogen-bond donors (Lipinski definition) is 2. The van der Waals surface area contributed by atoms with E-state index in [1.165, 1.54) is 6.07 Å². The van der Waals surface area contributed by atoms with Gasteiger partial charge in [0, 0.05) is 24.2 Å². The fourth-order valence-corrected chi connectivity index (χ4v) is 4.33. The number of amides is 1. The average Bonchev–Trinajstić information content (AvgIpc) is 3.54. The van der Waals surface area contributed by atoms with Crippen LogP contribution in [0.5, 0.6) is 0 Å². The van der Waals surface area contributed by atoms with E-state index in [0.717, 1.165) is 0 Å². The van der Waals surface area contributed by atoms with Gasteiger partial charge in [-0.1, -0.05) is 23.3 Å². The molecule has 190 valence electrons. The van der Waals surface area contributed by atoms with Gasteiger partial charge < -0.3 is 10.2 Å². The summed E-state index contributed by atoms with van der Waals surface area (Å²) in [7, 11) is 0. The quantitative estimate of drug-likeness (QED) is 0.360. The van der Waals surface area contributed by atoms with Gasteiger partial charge in [0.25, 0.3) is 5.91 Å². The lowest BCUT2D eigenvalue weighted by Crippen LogP contribution is -2.34. The third-order valence-electron chi connectivity index (χ3n) is 6.34. The highest BCUT2D eigenvalue weighted by molar-refractivity contribution is 6.08. The lowest BCUT2D eigenvalue weighted by atomic mass is 9.84. The number of pyridine rings is 1. The molecule has 0 bridgehead atoms. The van der Waals surface area contributed by atoms with Crippen LogP contribution in [-0.2, 0) is 12.0 Å². The molecule has 5 heterocycles. The maximum absolute atomic E-state index is 14.4. The van der Waals surface area contributed by atoms with Crippen molar-refractivity contribution >= 4 is 34.6 Å². The predicted molar refractivity (Wildman–Crippen MR) is 135 cm³/mol. The normalized spacial score (nSPS) is 13.9. The molecular weight excluding hydrogens is 491 g/mol. The molecule has 0 radical (unpaired) electrons. The first-order chi connectivity index (χ1) is 18.2. The maximum Gasteiger partial charge on any atom is 0.322 e. The number of halogens is 1. The zero-order chi connectivity index (χ0) is 26.6. The molecule has 0 atom stereocenters. The van der Waals surface area contributed by atoms with Crippen molar-refractivity contribution in [3.63, 3.8) is 0 Å². The number of carbonyl (C=O) groups is 1. The van der Waals surface area contributed by atoms with Gasteiger partial charge in [-0.25, -0.2) is 29.0 Å². The Morgan fingerprint density at radius 2 is 1.97 bits per heavy atom. The Hall–Kier alpha value is -5.07. The molecule has 5 aromatic rings. The number of fused-ring (bicyclic) bond motifs is 2. The second kappa shape index (κ2) is 8.50. The van der Waals surface area contributed by atoms with Crippen LogP contribution in [0.25, 0.3) is 22.6 Å². The first-order valence-electron chi connectivity index (χ1n) is 11.7. The van der Waals surface area contributed by atoms with Crippen LogP contribution in [0, 0.1) is 12.7 Å². The van der Waals surface area contributed by atoms with Gasteiger partial charge in [0.05, 0.1) is 17.3 Å². The van der Waals surface area contributed by atoms with Gasteiger partial charge in [-0.05, 0) is 32.0 Å². The monoisotopic (exact) mass is 512 g/mol. The highest BCUT2D eigenvalue weighted by Crippen LogP contribution is 2.41. The molecule has 0 saturated carbocycles. The topological polar surface area (TPSA) is 163 Å². The Morgan fingerprint density at radius 3 is 2.74 bits per heavy atom. The Bertz CT molecular complexity index is 1770. The van der Waals surface area contributed by atoms with E-state index < -0.39 is 11.3 Å². The Morgan fingerprint density at radius 1 is 1.16 bits per heavy atom. The van der Waals surface area contributed by atoms with E-state index in [9.17, 15) is 9.18 Å². The molecule has 6 rings (SSSR count). The molecule has 0 aliphatic carbocycles. The van der Waals surface area contributed by atoms with Crippen LogP contribution in [0.3, 0.4) is 0 Å². The molecule has 3 N–H and O–H groups in total. The van der Waals surface area contributed by atoms with Crippen LogP contribution in [0.4, 0.5) is 16.2 Å². The third-order valence-corrected chi connectivity index (χ3v) is 6.34. The van der Waals surface area contributed by atoms with E-state index in [2.05, 4.69) is 40.6 Å². The summed E-state index contributed by atoms with van der Waals surface area (Å²) in [5, 5.41) is 15.4. The molecule has 1 amide bonds. The molecular formula is C25H21FN10O2. The molecule has 38 heavy (non-hydrogen) atoms. The van der Waals surface area contributed by atoms with Crippen LogP contribution in [0.15, 0.2) is 52.0 Å². The minimum atomic E-state index is -0.806. The first kappa shape index (κ1) is 23.3. The SMILES string of the molecule is Cc1nnc(NC(=O)c2nc(-c3nn(Cc4ccccc4F)c4ncccc34)nc3c2C(C)(C)C(N)=N3)o1. The Labute approximate surface area is 214 Å². The van der Waals surface area contributed by atoms with Gasteiger partial charge in [0.2, 0.25) is 5.89 Å². The van der Waals surface area contributed by atoms with Gasteiger partial charge in [-0.2, -0.15) is 5.10 Å². The van der Waals surface area contributed by atoms with E-state index in [-0.39, 0.29) is 35.7 Å². The van der Waals surface area contributed by atoms with Crippen molar-refractivity contribution < 1.29 is 13.6 Å². The molecule has 12 nitrogen and oxygen atoms in total. The largest absolute Gasteiger partial charge is 0.408 e. The summed E-state index contributed by atoms with van der Waals surface area (Å²) in [6.07, 6.45) is 1.62. The highest BCUT2D eigenvalue weighted by atomic mass is 19.1. The molecule has 0 fully saturated rings. The predicted octanol–water partition coefficient (Wildman–Crippen LogP) is 3.30. The summed E-state index contributed by atoms with van der Waals surface area (Å²) in [5.41, 5.74) is 7.21. The van der Waals surface area contributed by atoms with Crippen LogP contribution >= 0.6 is 0 Å². The third kappa shape index (κ3) is 3.75. The number of nitrogens with two attached hydrogens (primary N) is 1. The Balaban J connectivity index is 1.51. The highest BCUT2D eigenvalue weighted by Gasteiger charge is 2.40. The maximum atomic E-state index is 14.4. The molecule has 0 saturated heterocycles. The minimum absolute atomic E-state index is 0.0377.